The molecule has 180 valence electrons. The molecule has 1 N–H and O–H groups in total. The third-order valence-electron chi connectivity index (χ3n) is 6.03. The van der Waals surface area contributed by atoms with Gasteiger partial charge in [0.2, 0.25) is 11.9 Å². The lowest BCUT2D eigenvalue weighted by molar-refractivity contribution is -0.113. The number of carbonyl (C=O) groups is 1. The molecule has 0 unspecified atom stereocenters. The van der Waals surface area contributed by atoms with Gasteiger partial charge in [-0.3, -0.25) is 19.5 Å². The van der Waals surface area contributed by atoms with Gasteiger partial charge in [-0.15, -0.1) is 11.3 Å². The Balaban J connectivity index is 1.25. The molecule has 0 saturated carbocycles. The van der Waals surface area contributed by atoms with Crippen molar-refractivity contribution in [2.45, 2.75) is 31.3 Å². The van der Waals surface area contributed by atoms with Crippen LogP contribution < -0.4 is 10.9 Å². The first-order valence-electron chi connectivity index (χ1n) is 11.5. The fourth-order valence-corrected chi connectivity index (χ4v) is 7.05. The van der Waals surface area contributed by atoms with Crippen molar-refractivity contribution >= 4 is 56.7 Å². The zero-order chi connectivity index (χ0) is 24.6. The number of carbonyl (C=O) groups excluding carboxylic acids is 1. The molecule has 7 nitrogen and oxygen atoms in total. The maximum Gasteiger partial charge on any atom is 0.267 e. The molecule has 0 bridgehead atoms. The van der Waals surface area contributed by atoms with Crippen molar-refractivity contribution in [3.63, 3.8) is 0 Å². The summed E-state index contributed by atoms with van der Waals surface area (Å²) in [5, 5.41) is 4.74. The predicted molar refractivity (Wildman–Crippen MR) is 147 cm³/mol. The number of aryl methyl sites for hydroxylation is 3. The molecule has 0 fully saturated rings. The Kier molecular flexibility index (Phi) is 6.16. The molecule has 0 atom stereocenters. The van der Waals surface area contributed by atoms with Gasteiger partial charge in [-0.1, -0.05) is 59.8 Å². The first kappa shape index (κ1) is 23.1. The Hall–Kier alpha value is -3.34. The average Bonchev–Trinajstić information content (AvgIpc) is 3.60. The van der Waals surface area contributed by atoms with Crippen LogP contribution in [0, 0.1) is 6.92 Å². The molecule has 1 aliphatic carbocycles. The number of anilines is 1. The van der Waals surface area contributed by atoms with E-state index in [-0.39, 0.29) is 23.2 Å². The van der Waals surface area contributed by atoms with Gasteiger partial charge in [-0.2, -0.15) is 9.36 Å². The van der Waals surface area contributed by atoms with Gasteiger partial charge in [0.15, 0.2) is 5.16 Å². The lowest BCUT2D eigenvalue weighted by Gasteiger charge is -2.12. The molecule has 10 heteroatoms. The molecule has 0 saturated heterocycles. The Morgan fingerprint density at radius 2 is 1.89 bits per heavy atom. The molecule has 6 rings (SSSR count). The highest BCUT2D eigenvalue weighted by Gasteiger charge is 2.24. The van der Waals surface area contributed by atoms with Crippen LogP contribution in [0.2, 0.25) is 0 Å². The van der Waals surface area contributed by atoms with Crippen LogP contribution in [0.15, 0.2) is 64.5 Å². The number of hydrogen-bond donors (Lipinski definition) is 1. The monoisotopic (exact) mass is 531 g/mol. The molecule has 5 aromatic rings. The van der Waals surface area contributed by atoms with Gasteiger partial charge in [0, 0.05) is 10.4 Å². The van der Waals surface area contributed by atoms with E-state index in [9.17, 15) is 9.59 Å². The minimum Gasteiger partial charge on any atom is -0.293 e. The highest BCUT2D eigenvalue weighted by molar-refractivity contribution is 7.99. The second-order valence-electron chi connectivity index (χ2n) is 8.53. The summed E-state index contributed by atoms with van der Waals surface area (Å²) in [6, 6.07) is 17.5. The van der Waals surface area contributed by atoms with Crippen molar-refractivity contribution in [1.82, 2.24) is 18.9 Å². The number of amides is 1. The lowest BCUT2D eigenvalue weighted by Crippen LogP contribution is -2.23. The maximum atomic E-state index is 13.7. The van der Waals surface area contributed by atoms with Crippen LogP contribution in [-0.4, -0.2) is 30.6 Å². The summed E-state index contributed by atoms with van der Waals surface area (Å²) in [5.41, 5.74) is 3.94. The van der Waals surface area contributed by atoms with E-state index in [0.717, 1.165) is 51.3 Å². The normalized spacial score (nSPS) is 12.7. The minimum absolute atomic E-state index is 0.0718. The number of para-hydroxylation sites is 1. The first-order valence-corrected chi connectivity index (χ1v) is 14.1. The van der Waals surface area contributed by atoms with E-state index in [1.807, 2.05) is 61.5 Å². The predicted octanol–water partition coefficient (Wildman–Crippen LogP) is 5.49. The zero-order valence-electron chi connectivity index (χ0n) is 19.4. The van der Waals surface area contributed by atoms with Crippen molar-refractivity contribution in [1.29, 1.82) is 0 Å². The fraction of sp³-hybridized carbons (Fsp3) is 0.192. The highest BCUT2D eigenvalue weighted by atomic mass is 32.2. The van der Waals surface area contributed by atoms with Crippen molar-refractivity contribution in [3.8, 4) is 16.3 Å². The van der Waals surface area contributed by atoms with Crippen molar-refractivity contribution < 1.29 is 4.79 Å². The molecular weight excluding hydrogens is 511 g/mol. The van der Waals surface area contributed by atoms with E-state index in [0.29, 0.717) is 5.16 Å². The molecule has 0 spiro atoms. The van der Waals surface area contributed by atoms with E-state index >= 15 is 0 Å². The molecule has 1 aliphatic rings. The van der Waals surface area contributed by atoms with Gasteiger partial charge < -0.3 is 0 Å². The number of hydrogen-bond acceptors (Lipinski definition) is 8. The lowest BCUT2D eigenvalue weighted by atomic mass is 10.2. The van der Waals surface area contributed by atoms with Crippen LogP contribution in [0.5, 0.6) is 0 Å². The van der Waals surface area contributed by atoms with Crippen molar-refractivity contribution in [2.75, 3.05) is 11.1 Å². The van der Waals surface area contributed by atoms with Gasteiger partial charge in [-0.25, -0.2) is 4.98 Å². The van der Waals surface area contributed by atoms with E-state index < -0.39 is 0 Å². The van der Waals surface area contributed by atoms with Crippen molar-refractivity contribution in [2.24, 2.45) is 0 Å². The van der Waals surface area contributed by atoms with Crippen LogP contribution in [-0.2, 0) is 17.6 Å². The summed E-state index contributed by atoms with van der Waals surface area (Å²) in [4.78, 5) is 37.7. The summed E-state index contributed by atoms with van der Waals surface area (Å²) < 4.78 is 5.91. The van der Waals surface area contributed by atoms with Gasteiger partial charge in [0.1, 0.15) is 9.84 Å². The number of rotatable bonds is 6. The minimum atomic E-state index is -0.254. The number of fused-ring (bicyclic) bond motifs is 3. The Morgan fingerprint density at radius 1 is 1.08 bits per heavy atom. The van der Waals surface area contributed by atoms with Crippen LogP contribution in [0.1, 0.15) is 22.4 Å². The highest BCUT2D eigenvalue weighted by Crippen LogP contribution is 2.36. The van der Waals surface area contributed by atoms with Crippen molar-refractivity contribution in [3.05, 3.63) is 81.0 Å². The van der Waals surface area contributed by atoms with Gasteiger partial charge in [0.05, 0.1) is 16.8 Å². The molecule has 36 heavy (non-hydrogen) atoms. The number of benzene rings is 2. The molecule has 1 amide bonds. The van der Waals surface area contributed by atoms with Crippen LogP contribution in [0.25, 0.3) is 26.5 Å². The summed E-state index contributed by atoms with van der Waals surface area (Å²) in [6.45, 7) is 2.03. The van der Waals surface area contributed by atoms with Gasteiger partial charge in [0.25, 0.3) is 5.56 Å². The second kappa shape index (κ2) is 9.61. The summed E-state index contributed by atoms with van der Waals surface area (Å²) in [6.07, 6.45) is 2.99. The smallest absolute Gasteiger partial charge is 0.267 e. The van der Waals surface area contributed by atoms with Crippen LogP contribution in [0.3, 0.4) is 0 Å². The molecular formula is C26H21N5O2S3. The Labute approximate surface area is 219 Å². The standard InChI is InChI=1S/C26H21N5O2S3/c1-15-10-12-16(13-11-15)22-28-25(30-36-22)27-20(32)14-34-26-29-23-21(18-8-5-9-19(18)35-23)24(33)31(26)17-6-3-2-4-7-17/h2-4,6-7,10-13H,5,8-9,14H2,1H3,(H,27,30,32). The van der Waals surface area contributed by atoms with E-state index in [2.05, 4.69) is 14.7 Å². The SMILES string of the molecule is Cc1ccc(-c2nc(NC(=O)CSc3nc4sc5c(c4c(=O)n3-c3ccccc3)CCC5)ns2)cc1. The third kappa shape index (κ3) is 4.36. The molecule has 0 radical (unpaired) electrons. The summed E-state index contributed by atoms with van der Waals surface area (Å²) >= 11 is 4.08. The molecule has 3 aromatic heterocycles. The maximum absolute atomic E-state index is 13.7. The molecule has 0 aliphatic heterocycles. The van der Waals surface area contributed by atoms with E-state index in [1.54, 1.807) is 15.9 Å². The number of thioether (sulfide) groups is 1. The molecule has 3 heterocycles. The second-order valence-corrected chi connectivity index (χ2v) is 11.3. The van der Waals surface area contributed by atoms with Crippen LogP contribution >= 0.6 is 34.6 Å². The Morgan fingerprint density at radius 3 is 2.69 bits per heavy atom. The Bertz CT molecular complexity index is 1640. The largest absolute Gasteiger partial charge is 0.293 e. The average molecular weight is 532 g/mol. The third-order valence-corrected chi connectivity index (χ3v) is 8.92. The van der Waals surface area contributed by atoms with E-state index in [4.69, 9.17) is 4.98 Å². The number of thiophene rings is 1. The van der Waals surface area contributed by atoms with Crippen LogP contribution in [0.4, 0.5) is 5.95 Å². The summed E-state index contributed by atoms with van der Waals surface area (Å²) in [7, 11) is 0. The quantitative estimate of drug-likeness (QED) is 0.230. The summed E-state index contributed by atoms with van der Waals surface area (Å²) in [5.74, 6) is 0.102. The zero-order valence-corrected chi connectivity index (χ0v) is 21.8. The first-order chi connectivity index (χ1) is 17.6. The number of aromatic nitrogens is 4. The fourth-order valence-electron chi connectivity index (χ4n) is 4.30. The number of nitrogens with zero attached hydrogens (tertiary/aromatic N) is 4. The number of nitrogens with one attached hydrogen (secondary N) is 1. The van der Waals surface area contributed by atoms with E-state index in [1.165, 1.54) is 33.7 Å². The van der Waals surface area contributed by atoms with Gasteiger partial charge in [-0.05, 0) is 55.4 Å². The molecule has 2 aromatic carbocycles. The van der Waals surface area contributed by atoms with Gasteiger partial charge >= 0.3 is 0 Å². The topological polar surface area (TPSA) is 89.8 Å².